The van der Waals surface area contributed by atoms with Crippen molar-refractivity contribution in [3.63, 3.8) is 0 Å². The maximum atomic E-state index is 4.86. The van der Waals surface area contributed by atoms with Crippen molar-refractivity contribution >= 4 is 29.9 Å². The molecule has 1 aliphatic heterocycles. The Morgan fingerprint density at radius 1 is 1.03 bits per heavy atom. The van der Waals surface area contributed by atoms with Crippen LogP contribution < -0.4 is 10.6 Å². The zero-order chi connectivity index (χ0) is 23.0. The lowest BCUT2D eigenvalue weighted by atomic mass is 10.0. The smallest absolute Gasteiger partial charge is 0.192 e. The topological polar surface area (TPSA) is 70.4 Å². The predicted molar refractivity (Wildman–Crippen MR) is 148 cm³/mol. The van der Waals surface area contributed by atoms with Crippen LogP contribution in [0.15, 0.2) is 65.7 Å². The third-order valence-corrected chi connectivity index (χ3v) is 6.56. The Hall–Kier alpha value is -2.46. The zero-order valence-corrected chi connectivity index (χ0v) is 22.6. The number of piperidine rings is 1. The first-order chi connectivity index (χ1) is 16.1. The number of aliphatic imine (C=N–C) groups is 1. The fourth-order valence-electron chi connectivity index (χ4n) is 4.24. The highest BCUT2D eigenvalue weighted by molar-refractivity contribution is 14.0. The number of benzene rings is 2. The Morgan fingerprint density at radius 2 is 1.68 bits per heavy atom. The Balaban J connectivity index is 0.00000324. The summed E-state index contributed by atoms with van der Waals surface area (Å²) in [6, 6.07) is 22.0. The molecule has 182 valence electrons. The van der Waals surface area contributed by atoms with E-state index in [2.05, 4.69) is 87.3 Å². The molecule has 3 aromatic rings. The number of likely N-dealkylation sites (tertiary alicyclic amines) is 1. The van der Waals surface area contributed by atoms with E-state index in [1.54, 1.807) is 0 Å². The molecule has 1 unspecified atom stereocenters. The lowest BCUT2D eigenvalue weighted by Crippen LogP contribution is -2.49. The van der Waals surface area contributed by atoms with Gasteiger partial charge in [0.25, 0.3) is 0 Å². The monoisotopic (exact) mass is 573 g/mol. The molecule has 0 spiro atoms. The maximum Gasteiger partial charge on any atom is 0.192 e. The number of nitrogens with one attached hydrogen (secondary N) is 2. The van der Waals surface area contributed by atoms with Crippen LogP contribution in [-0.2, 0) is 20.1 Å². The predicted octanol–water partition coefficient (Wildman–Crippen LogP) is 4.20. The average Bonchev–Trinajstić information content (AvgIpc) is 3.19. The third kappa shape index (κ3) is 7.02. The maximum absolute atomic E-state index is 4.86. The van der Waals surface area contributed by atoms with Crippen molar-refractivity contribution in [1.29, 1.82) is 0 Å². The summed E-state index contributed by atoms with van der Waals surface area (Å²) in [6.45, 7) is 7.63. The highest BCUT2D eigenvalue weighted by Crippen LogP contribution is 2.24. The van der Waals surface area contributed by atoms with Gasteiger partial charge in [0.05, 0.1) is 13.1 Å². The standard InChI is InChI=1S/C26H35N7.HI/c1-20(23-12-8-5-9-13-23)33-16-14-24(15-17-33)29-26(27-18-22-10-6-4-7-11-22)28-19-25-31-30-21(2)32(25)3;/h4-13,20,24H,14-19H2,1-3H3,(H2,27,28,29);1H. The number of nitrogens with zero attached hydrogens (tertiary/aromatic N) is 5. The summed E-state index contributed by atoms with van der Waals surface area (Å²) in [5, 5.41) is 15.6. The molecule has 1 aliphatic rings. The van der Waals surface area contributed by atoms with Crippen molar-refractivity contribution in [2.75, 3.05) is 13.1 Å². The van der Waals surface area contributed by atoms with Gasteiger partial charge in [0.2, 0.25) is 0 Å². The quantitative estimate of drug-likeness (QED) is 0.252. The molecule has 0 amide bonds. The number of aromatic nitrogens is 3. The van der Waals surface area contributed by atoms with Gasteiger partial charge < -0.3 is 15.2 Å². The first kappa shape index (κ1) is 26.2. The van der Waals surface area contributed by atoms with Gasteiger partial charge in [-0.3, -0.25) is 4.90 Å². The Kier molecular flexibility index (Phi) is 9.88. The minimum absolute atomic E-state index is 0. The first-order valence-electron chi connectivity index (χ1n) is 11.8. The number of hydrogen-bond donors (Lipinski definition) is 2. The second-order valence-corrected chi connectivity index (χ2v) is 8.77. The van der Waals surface area contributed by atoms with Gasteiger partial charge >= 0.3 is 0 Å². The van der Waals surface area contributed by atoms with E-state index < -0.39 is 0 Å². The molecule has 0 radical (unpaired) electrons. The number of rotatable bonds is 7. The Morgan fingerprint density at radius 3 is 2.29 bits per heavy atom. The molecule has 4 rings (SSSR count). The van der Waals surface area contributed by atoms with Crippen LogP contribution in [0.2, 0.25) is 0 Å². The summed E-state index contributed by atoms with van der Waals surface area (Å²) in [5.74, 6) is 2.63. The van der Waals surface area contributed by atoms with Gasteiger partial charge in [-0.1, -0.05) is 60.7 Å². The van der Waals surface area contributed by atoms with Gasteiger partial charge in [0.1, 0.15) is 5.82 Å². The molecule has 0 saturated carbocycles. The van der Waals surface area contributed by atoms with Crippen molar-refractivity contribution in [2.45, 2.75) is 51.9 Å². The molecule has 0 bridgehead atoms. The largest absolute Gasteiger partial charge is 0.354 e. The van der Waals surface area contributed by atoms with Crippen LogP contribution in [0, 0.1) is 6.92 Å². The van der Waals surface area contributed by atoms with Gasteiger partial charge in [-0.2, -0.15) is 0 Å². The van der Waals surface area contributed by atoms with E-state index in [9.17, 15) is 0 Å². The molecule has 2 N–H and O–H groups in total. The Labute approximate surface area is 220 Å². The summed E-state index contributed by atoms with van der Waals surface area (Å²) in [5.41, 5.74) is 2.58. The van der Waals surface area contributed by atoms with Crippen molar-refractivity contribution in [2.24, 2.45) is 12.0 Å². The third-order valence-electron chi connectivity index (χ3n) is 6.56. The Bertz CT molecular complexity index is 1030. The van der Waals surface area contributed by atoms with E-state index in [4.69, 9.17) is 4.99 Å². The number of guanidine groups is 1. The molecule has 2 heterocycles. The van der Waals surface area contributed by atoms with E-state index >= 15 is 0 Å². The molecule has 34 heavy (non-hydrogen) atoms. The molecule has 0 aliphatic carbocycles. The van der Waals surface area contributed by atoms with Crippen LogP contribution >= 0.6 is 24.0 Å². The fraction of sp³-hybridized carbons (Fsp3) is 0.423. The second kappa shape index (κ2) is 12.9. The van der Waals surface area contributed by atoms with Crippen LogP contribution in [0.3, 0.4) is 0 Å². The van der Waals surface area contributed by atoms with Gasteiger partial charge in [0, 0.05) is 32.2 Å². The highest BCUT2D eigenvalue weighted by Gasteiger charge is 2.24. The highest BCUT2D eigenvalue weighted by atomic mass is 127. The van der Waals surface area contributed by atoms with E-state index in [1.165, 1.54) is 11.1 Å². The lowest BCUT2D eigenvalue weighted by Gasteiger charge is -2.37. The summed E-state index contributed by atoms with van der Waals surface area (Å²) < 4.78 is 2.01. The summed E-state index contributed by atoms with van der Waals surface area (Å²) in [4.78, 5) is 7.44. The van der Waals surface area contributed by atoms with Crippen LogP contribution in [0.1, 0.15) is 48.6 Å². The fourth-order valence-corrected chi connectivity index (χ4v) is 4.24. The molecule has 1 atom stereocenters. The minimum atomic E-state index is 0. The van der Waals surface area contributed by atoms with E-state index in [0.29, 0.717) is 25.2 Å². The summed E-state index contributed by atoms with van der Waals surface area (Å²) in [7, 11) is 1.99. The van der Waals surface area contributed by atoms with Crippen molar-refractivity contribution in [3.8, 4) is 0 Å². The number of halogens is 1. The van der Waals surface area contributed by atoms with Crippen molar-refractivity contribution in [1.82, 2.24) is 30.3 Å². The SMILES string of the molecule is Cc1nnc(CNC(=NCc2ccccc2)NC2CCN(C(C)c3ccccc3)CC2)n1C.I. The molecule has 1 saturated heterocycles. The van der Waals surface area contributed by atoms with E-state index in [0.717, 1.165) is 43.5 Å². The molecule has 8 heteroatoms. The molecule has 7 nitrogen and oxygen atoms in total. The lowest BCUT2D eigenvalue weighted by molar-refractivity contribution is 0.158. The van der Waals surface area contributed by atoms with Crippen LogP contribution in [0.5, 0.6) is 0 Å². The van der Waals surface area contributed by atoms with Crippen LogP contribution in [-0.4, -0.2) is 44.8 Å². The first-order valence-corrected chi connectivity index (χ1v) is 11.8. The van der Waals surface area contributed by atoms with Gasteiger partial charge in [0.15, 0.2) is 11.8 Å². The molecular formula is C26H36IN7. The number of aryl methyl sites for hydroxylation is 1. The van der Waals surface area contributed by atoms with E-state index in [1.807, 2.05) is 24.6 Å². The zero-order valence-electron chi connectivity index (χ0n) is 20.3. The van der Waals surface area contributed by atoms with Crippen molar-refractivity contribution in [3.05, 3.63) is 83.4 Å². The van der Waals surface area contributed by atoms with Crippen LogP contribution in [0.25, 0.3) is 0 Å². The van der Waals surface area contributed by atoms with Gasteiger partial charge in [-0.25, -0.2) is 4.99 Å². The average molecular weight is 574 g/mol. The summed E-state index contributed by atoms with van der Waals surface area (Å²) >= 11 is 0. The molecule has 1 aromatic heterocycles. The van der Waals surface area contributed by atoms with E-state index in [-0.39, 0.29) is 24.0 Å². The molecular weight excluding hydrogens is 537 g/mol. The number of hydrogen-bond acceptors (Lipinski definition) is 4. The van der Waals surface area contributed by atoms with Gasteiger partial charge in [-0.15, -0.1) is 34.2 Å². The summed E-state index contributed by atoms with van der Waals surface area (Å²) in [6.07, 6.45) is 2.18. The van der Waals surface area contributed by atoms with Gasteiger partial charge in [-0.05, 0) is 37.8 Å². The second-order valence-electron chi connectivity index (χ2n) is 8.77. The van der Waals surface area contributed by atoms with Crippen molar-refractivity contribution < 1.29 is 0 Å². The van der Waals surface area contributed by atoms with Crippen LogP contribution in [0.4, 0.5) is 0 Å². The normalized spacial score (nSPS) is 16.0. The molecule has 2 aromatic carbocycles. The molecule has 1 fully saturated rings. The minimum Gasteiger partial charge on any atom is -0.354 e.